The molecule has 0 saturated carbocycles. The lowest BCUT2D eigenvalue weighted by Gasteiger charge is -2.15. The zero-order valence-corrected chi connectivity index (χ0v) is 14.4. The summed E-state index contributed by atoms with van der Waals surface area (Å²) in [4.78, 5) is 0.342. The number of halogens is 1. The fourth-order valence-electron chi connectivity index (χ4n) is 2.23. The van der Waals surface area contributed by atoms with Gasteiger partial charge in [0.05, 0.1) is 11.3 Å². The molecule has 0 amide bonds. The number of nitrogens with two attached hydrogens (primary N) is 1. The molecule has 0 radical (unpaired) electrons. The second-order valence-electron chi connectivity index (χ2n) is 4.56. The van der Waals surface area contributed by atoms with Gasteiger partial charge in [0.1, 0.15) is 4.99 Å². The van der Waals surface area contributed by atoms with Crippen LogP contribution in [0.5, 0.6) is 0 Å². The van der Waals surface area contributed by atoms with Gasteiger partial charge in [0.15, 0.2) is 5.82 Å². The summed E-state index contributed by atoms with van der Waals surface area (Å²) < 4.78 is 0.984. The van der Waals surface area contributed by atoms with E-state index in [2.05, 4.69) is 38.4 Å². The molecule has 0 aliphatic carbocycles. The number of aromatic nitrogens is 2. The number of anilines is 2. The third-order valence-electron chi connectivity index (χ3n) is 3.18. The van der Waals surface area contributed by atoms with Crippen molar-refractivity contribution >= 4 is 44.6 Å². The average Bonchev–Trinajstić information content (AvgIpc) is 2.46. The van der Waals surface area contributed by atoms with Crippen molar-refractivity contribution in [2.24, 2.45) is 5.73 Å². The first-order valence-electron chi connectivity index (χ1n) is 6.77. The van der Waals surface area contributed by atoms with Crippen LogP contribution in [0.15, 0.2) is 28.7 Å². The molecule has 0 aliphatic heterocycles. The van der Waals surface area contributed by atoms with Crippen molar-refractivity contribution in [3.63, 3.8) is 0 Å². The van der Waals surface area contributed by atoms with Crippen LogP contribution in [0.3, 0.4) is 0 Å². The lowest BCUT2D eigenvalue weighted by Crippen LogP contribution is -2.18. The number of benzene rings is 1. The topological polar surface area (TPSA) is 63.8 Å². The van der Waals surface area contributed by atoms with Gasteiger partial charge in [-0.3, -0.25) is 0 Å². The van der Waals surface area contributed by atoms with Crippen LogP contribution in [-0.2, 0) is 12.8 Å². The van der Waals surface area contributed by atoms with Gasteiger partial charge in [-0.1, -0.05) is 48.1 Å². The van der Waals surface area contributed by atoms with E-state index in [-0.39, 0.29) is 0 Å². The van der Waals surface area contributed by atoms with Crippen molar-refractivity contribution in [2.45, 2.75) is 26.7 Å². The molecule has 0 saturated heterocycles. The van der Waals surface area contributed by atoms with Gasteiger partial charge in [-0.25, -0.2) is 0 Å². The highest BCUT2D eigenvalue weighted by atomic mass is 79.9. The molecule has 2 aromatic rings. The molecule has 0 fully saturated rings. The number of nitrogens with zero attached hydrogens (tertiary/aromatic N) is 2. The summed E-state index contributed by atoms with van der Waals surface area (Å²) in [6, 6.07) is 7.82. The molecular formula is C15H17BrN4S. The van der Waals surface area contributed by atoms with E-state index >= 15 is 0 Å². The Morgan fingerprint density at radius 2 is 2.05 bits per heavy atom. The molecule has 6 heteroatoms. The molecule has 0 bridgehead atoms. The fourth-order valence-corrected chi connectivity index (χ4v) is 2.85. The molecule has 4 nitrogen and oxygen atoms in total. The van der Waals surface area contributed by atoms with E-state index in [1.54, 1.807) is 0 Å². The van der Waals surface area contributed by atoms with Gasteiger partial charge in [0, 0.05) is 10.2 Å². The first-order valence-corrected chi connectivity index (χ1v) is 7.97. The minimum atomic E-state index is 0.342. The zero-order valence-electron chi connectivity index (χ0n) is 12.0. The second kappa shape index (κ2) is 6.95. The Hall–Kier alpha value is -1.53. The predicted octanol–water partition coefficient (Wildman–Crippen LogP) is 3.74. The highest BCUT2D eigenvalue weighted by Crippen LogP contribution is 2.25. The Bertz CT molecular complexity index is 673. The van der Waals surface area contributed by atoms with Crippen LogP contribution in [0.1, 0.15) is 30.7 Å². The van der Waals surface area contributed by atoms with Crippen molar-refractivity contribution in [1.82, 2.24) is 10.2 Å². The van der Waals surface area contributed by atoms with Gasteiger partial charge in [-0.2, -0.15) is 5.10 Å². The summed E-state index contributed by atoms with van der Waals surface area (Å²) in [5.74, 6) is 0.606. The molecule has 0 spiro atoms. The van der Waals surface area contributed by atoms with Crippen LogP contribution in [0.4, 0.5) is 11.5 Å². The quantitative estimate of drug-likeness (QED) is 0.791. The maximum Gasteiger partial charge on any atom is 0.163 e. The first kappa shape index (κ1) is 15.9. The lowest BCUT2D eigenvalue weighted by atomic mass is 10.0. The number of aryl methyl sites for hydroxylation is 1. The SMILES string of the molecule is CCc1nnc(Nc2cccc(Br)c2)c(C(N)=S)c1CC. The normalized spacial score (nSPS) is 10.4. The molecule has 0 unspecified atom stereocenters. The summed E-state index contributed by atoms with van der Waals surface area (Å²) in [7, 11) is 0. The molecule has 21 heavy (non-hydrogen) atoms. The van der Waals surface area contributed by atoms with E-state index in [1.165, 1.54) is 0 Å². The molecule has 0 aliphatic rings. The lowest BCUT2D eigenvalue weighted by molar-refractivity contribution is 0.879. The number of thiocarbonyl (C=S) groups is 1. The van der Waals surface area contributed by atoms with Gasteiger partial charge in [-0.05, 0) is 36.6 Å². The van der Waals surface area contributed by atoms with Crippen LogP contribution in [0.2, 0.25) is 0 Å². The summed E-state index contributed by atoms with van der Waals surface area (Å²) in [5.41, 5.74) is 9.62. The van der Waals surface area contributed by atoms with E-state index in [1.807, 2.05) is 31.2 Å². The minimum absolute atomic E-state index is 0.342. The van der Waals surface area contributed by atoms with Gasteiger partial charge < -0.3 is 11.1 Å². The van der Waals surface area contributed by atoms with Crippen LogP contribution in [-0.4, -0.2) is 15.2 Å². The Labute approximate surface area is 138 Å². The van der Waals surface area contributed by atoms with E-state index in [9.17, 15) is 0 Å². The number of hydrogen-bond acceptors (Lipinski definition) is 4. The molecule has 110 valence electrons. The van der Waals surface area contributed by atoms with Crippen LogP contribution < -0.4 is 11.1 Å². The van der Waals surface area contributed by atoms with Gasteiger partial charge in [0.25, 0.3) is 0 Å². The largest absolute Gasteiger partial charge is 0.389 e. The standard InChI is InChI=1S/C15H17BrN4S/c1-3-11-12(4-2)19-20-15(13(11)14(17)21)18-10-7-5-6-9(16)8-10/h5-8H,3-4H2,1-2H3,(H2,17,21)(H,18,20). The van der Waals surface area contributed by atoms with Gasteiger partial charge >= 0.3 is 0 Å². The fraction of sp³-hybridized carbons (Fsp3) is 0.267. The molecule has 2 rings (SSSR count). The summed E-state index contributed by atoms with van der Waals surface area (Å²) in [5, 5.41) is 11.8. The Morgan fingerprint density at radius 3 is 2.62 bits per heavy atom. The monoisotopic (exact) mass is 364 g/mol. The number of rotatable bonds is 5. The first-order chi connectivity index (χ1) is 10.1. The number of hydrogen-bond donors (Lipinski definition) is 2. The van der Waals surface area contributed by atoms with Crippen LogP contribution >= 0.6 is 28.1 Å². The predicted molar refractivity (Wildman–Crippen MR) is 94.1 cm³/mol. The van der Waals surface area contributed by atoms with Crippen molar-refractivity contribution in [3.8, 4) is 0 Å². The molecule has 1 heterocycles. The van der Waals surface area contributed by atoms with E-state index < -0.39 is 0 Å². The third kappa shape index (κ3) is 3.57. The Kier molecular flexibility index (Phi) is 5.25. The van der Waals surface area contributed by atoms with Crippen molar-refractivity contribution in [2.75, 3.05) is 5.32 Å². The van der Waals surface area contributed by atoms with E-state index in [4.69, 9.17) is 18.0 Å². The molecule has 1 aromatic carbocycles. The van der Waals surface area contributed by atoms with Gasteiger partial charge in [-0.15, -0.1) is 5.10 Å². The highest BCUT2D eigenvalue weighted by molar-refractivity contribution is 9.10. The smallest absolute Gasteiger partial charge is 0.163 e. The second-order valence-corrected chi connectivity index (χ2v) is 5.91. The Balaban J connectivity index is 2.50. The van der Waals surface area contributed by atoms with Crippen molar-refractivity contribution < 1.29 is 0 Å². The summed E-state index contributed by atoms with van der Waals surface area (Å²) >= 11 is 8.66. The molecular weight excluding hydrogens is 348 g/mol. The van der Waals surface area contributed by atoms with Crippen LogP contribution in [0.25, 0.3) is 0 Å². The minimum Gasteiger partial charge on any atom is -0.389 e. The van der Waals surface area contributed by atoms with E-state index in [0.29, 0.717) is 10.8 Å². The maximum atomic E-state index is 5.91. The van der Waals surface area contributed by atoms with Crippen molar-refractivity contribution in [1.29, 1.82) is 0 Å². The van der Waals surface area contributed by atoms with E-state index in [0.717, 1.165) is 39.8 Å². The molecule has 1 aromatic heterocycles. The van der Waals surface area contributed by atoms with Gasteiger partial charge in [0.2, 0.25) is 0 Å². The summed E-state index contributed by atoms with van der Waals surface area (Å²) in [6.45, 7) is 4.12. The van der Waals surface area contributed by atoms with Crippen molar-refractivity contribution in [3.05, 3.63) is 45.6 Å². The Morgan fingerprint density at radius 1 is 1.29 bits per heavy atom. The third-order valence-corrected chi connectivity index (χ3v) is 3.88. The zero-order chi connectivity index (χ0) is 15.4. The molecule has 0 atom stereocenters. The van der Waals surface area contributed by atoms with Crippen LogP contribution in [0, 0.1) is 0 Å². The molecule has 3 N–H and O–H groups in total. The maximum absolute atomic E-state index is 5.91. The summed E-state index contributed by atoms with van der Waals surface area (Å²) in [6.07, 6.45) is 1.63. The highest BCUT2D eigenvalue weighted by Gasteiger charge is 2.16. The number of nitrogens with one attached hydrogen (secondary N) is 1. The average molecular weight is 365 g/mol.